The molecule has 0 fully saturated rings. The highest BCUT2D eigenvalue weighted by Crippen LogP contribution is 2.33. The van der Waals surface area contributed by atoms with Crippen LogP contribution in [0.2, 0.25) is 0 Å². The molecule has 9 heteroatoms. The van der Waals surface area contributed by atoms with E-state index in [1.54, 1.807) is 0 Å². The quantitative estimate of drug-likeness (QED) is 0.805. The van der Waals surface area contributed by atoms with E-state index < -0.39 is 34.1 Å². The molecule has 0 saturated carbocycles. The summed E-state index contributed by atoms with van der Waals surface area (Å²) < 4.78 is 61.0. The highest BCUT2D eigenvalue weighted by molar-refractivity contribution is 7.78. The number of halogens is 3. The van der Waals surface area contributed by atoms with Crippen LogP contribution in [0.25, 0.3) is 11.1 Å². The average Bonchev–Trinajstić information content (AvgIpc) is 2.40. The molecular weight excluding hydrogens is 321 g/mol. The molecule has 0 aliphatic carbocycles. The molecule has 2 aromatic rings. The van der Waals surface area contributed by atoms with Gasteiger partial charge in [-0.25, -0.2) is 4.68 Å². The fourth-order valence-electron chi connectivity index (χ4n) is 1.91. The highest BCUT2D eigenvalue weighted by Gasteiger charge is 2.31. The zero-order valence-corrected chi connectivity index (χ0v) is 12.1. The number of nitrogens with zero attached hydrogens (tertiary/aromatic N) is 2. The Kier molecular flexibility index (Phi) is 4.47. The molecule has 0 bridgehead atoms. The van der Waals surface area contributed by atoms with Gasteiger partial charge in [-0.05, 0) is 23.3 Å². The fourth-order valence-corrected chi connectivity index (χ4v) is 2.41. The minimum Gasteiger partial charge on any atom is -0.772 e. The van der Waals surface area contributed by atoms with Crippen molar-refractivity contribution in [3.63, 3.8) is 0 Å². The molecule has 5 nitrogen and oxygen atoms in total. The Balaban J connectivity index is 2.61. The summed E-state index contributed by atoms with van der Waals surface area (Å²) in [5.41, 5.74) is -0.960. The number of alkyl halides is 3. The largest absolute Gasteiger partial charge is 0.772 e. The first-order valence-electron chi connectivity index (χ1n) is 5.98. The molecule has 0 saturated heterocycles. The van der Waals surface area contributed by atoms with Gasteiger partial charge < -0.3 is 4.55 Å². The van der Waals surface area contributed by atoms with Gasteiger partial charge in [0.2, 0.25) is 0 Å². The molecule has 0 N–H and O–H groups in total. The van der Waals surface area contributed by atoms with E-state index in [-0.39, 0.29) is 16.7 Å². The highest BCUT2D eigenvalue weighted by atomic mass is 32.2. The van der Waals surface area contributed by atoms with Crippen LogP contribution in [-0.4, -0.2) is 18.5 Å². The number of aryl methyl sites for hydroxylation is 1. The van der Waals surface area contributed by atoms with Crippen LogP contribution in [0.4, 0.5) is 13.2 Å². The second-order valence-corrected chi connectivity index (χ2v) is 5.42. The van der Waals surface area contributed by atoms with Gasteiger partial charge in [0.05, 0.1) is 11.8 Å². The lowest BCUT2D eigenvalue weighted by atomic mass is 10.00. The van der Waals surface area contributed by atoms with Gasteiger partial charge >= 0.3 is 6.18 Å². The predicted octanol–water partition coefficient (Wildman–Crippen LogP) is 1.85. The average molecular weight is 331 g/mol. The van der Waals surface area contributed by atoms with Gasteiger partial charge in [-0.15, -0.1) is 0 Å². The van der Waals surface area contributed by atoms with Crippen molar-refractivity contribution in [1.82, 2.24) is 9.78 Å². The zero-order chi connectivity index (χ0) is 16.5. The van der Waals surface area contributed by atoms with Crippen molar-refractivity contribution in [1.29, 1.82) is 0 Å². The Bertz CT molecular complexity index is 787. The summed E-state index contributed by atoms with van der Waals surface area (Å²) in [7, 11) is 1.42. The van der Waals surface area contributed by atoms with Crippen LogP contribution in [-0.2, 0) is 30.1 Å². The first-order valence-corrected chi connectivity index (χ1v) is 7.22. The van der Waals surface area contributed by atoms with E-state index >= 15 is 0 Å². The molecule has 118 valence electrons. The summed E-state index contributed by atoms with van der Waals surface area (Å²) in [6.45, 7) is 0. The summed E-state index contributed by atoms with van der Waals surface area (Å²) in [4.78, 5) is 11.6. The number of rotatable bonds is 3. The molecule has 0 aliphatic heterocycles. The summed E-state index contributed by atoms with van der Waals surface area (Å²) >= 11 is -2.57. The minimum atomic E-state index is -4.58. The predicted molar refractivity (Wildman–Crippen MR) is 72.5 cm³/mol. The van der Waals surface area contributed by atoms with E-state index in [0.29, 0.717) is 0 Å². The van der Waals surface area contributed by atoms with Gasteiger partial charge in [-0.2, -0.15) is 18.3 Å². The van der Waals surface area contributed by atoms with Crippen molar-refractivity contribution in [2.45, 2.75) is 11.9 Å². The Morgan fingerprint density at radius 1 is 1.32 bits per heavy atom. The molecule has 0 aliphatic rings. The summed E-state index contributed by atoms with van der Waals surface area (Å²) in [5, 5.41) is 3.77. The summed E-state index contributed by atoms with van der Waals surface area (Å²) in [6.07, 6.45) is -3.29. The number of hydrogen-bond donors (Lipinski definition) is 0. The Hall–Kier alpha value is -2.00. The molecule has 0 spiro atoms. The standard InChI is InChI=1S/C13H11F3N2O3S/c1-18-12(19)5-8(6-17-18)11-3-2-10(13(14,15)16)4-9(11)7-22(20)21/h2-6H,7H2,1H3,(H,20,21)/p-1. The molecule has 1 heterocycles. The number of hydrogen-bond acceptors (Lipinski definition) is 4. The van der Waals surface area contributed by atoms with Crippen LogP contribution in [0.3, 0.4) is 0 Å². The van der Waals surface area contributed by atoms with Gasteiger partial charge in [-0.3, -0.25) is 9.00 Å². The normalized spacial score (nSPS) is 13.1. The number of benzene rings is 1. The maximum Gasteiger partial charge on any atom is 0.416 e. The Morgan fingerprint density at radius 2 is 2.00 bits per heavy atom. The van der Waals surface area contributed by atoms with Crippen molar-refractivity contribution in [2.75, 3.05) is 0 Å². The second kappa shape index (κ2) is 6.01. The van der Waals surface area contributed by atoms with Gasteiger partial charge in [-0.1, -0.05) is 17.1 Å². The van der Waals surface area contributed by atoms with Crippen LogP contribution in [0.15, 0.2) is 35.3 Å². The van der Waals surface area contributed by atoms with Crippen LogP contribution >= 0.6 is 0 Å². The van der Waals surface area contributed by atoms with E-state index in [1.807, 2.05) is 0 Å². The fraction of sp³-hybridized carbons (Fsp3) is 0.231. The second-order valence-electron chi connectivity index (χ2n) is 4.52. The topological polar surface area (TPSA) is 75.0 Å². The van der Waals surface area contributed by atoms with Gasteiger partial charge in [0.25, 0.3) is 5.56 Å². The molecule has 2 rings (SSSR count). The lowest BCUT2D eigenvalue weighted by Crippen LogP contribution is -2.18. The smallest absolute Gasteiger partial charge is 0.416 e. The third-order valence-electron chi connectivity index (χ3n) is 2.98. The van der Waals surface area contributed by atoms with E-state index in [2.05, 4.69) is 5.10 Å². The van der Waals surface area contributed by atoms with Crippen LogP contribution in [0.5, 0.6) is 0 Å². The minimum absolute atomic E-state index is 0.0433. The molecule has 1 aromatic heterocycles. The summed E-state index contributed by atoms with van der Waals surface area (Å²) in [5.74, 6) is -0.589. The van der Waals surface area contributed by atoms with Crippen molar-refractivity contribution >= 4 is 11.1 Å². The Labute approximate surface area is 125 Å². The molecule has 22 heavy (non-hydrogen) atoms. The van der Waals surface area contributed by atoms with Crippen LogP contribution < -0.4 is 5.56 Å². The van der Waals surface area contributed by atoms with E-state index in [0.717, 1.165) is 22.9 Å². The lowest BCUT2D eigenvalue weighted by molar-refractivity contribution is -0.137. The first-order chi connectivity index (χ1) is 10.2. The third kappa shape index (κ3) is 3.60. The van der Waals surface area contributed by atoms with Crippen molar-refractivity contribution in [2.24, 2.45) is 7.05 Å². The summed E-state index contributed by atoms with van der Waals surface area (Å²) in [6, 6.07) is 3.93. The Morgan fingerprint density at radius 3 is 2.55 bits per heavy atom. The first kappa shape index (κ1) is 16.4. The maximum absolute atomic E-state index is 12.7. The van der Waals surface area contributed by atoms with Crippen LogP contribution in [0, 0.1) is 0 Å². The van der Waals surface area contributed by atoms with E-state index in [4.69, 9.17) is 0 Å². The molecular formula is C13H10F3N2O3S-. The van der Waals surface area contributed by atoms with Crippen molar-refractivity contribution < 1.29 is 21.9 Å². The molecule has 1 aromatic carbocycles. The molecule has 0 amide bonds. The number of aromatic nitrogens is 2. The van der Waals surface area contributed by atoms with Gasteiger partial charge in [0.1, 0.15) is 0 Å². The lowest BCUT2D eigenvalue weighted by Gasteiger charge is -2.15. The van der Waals surface area contributed by atoms with E-state index in [1.165, 1.54) is 19.3 Å². The third-order valence-corrected chi connectivity index (χ3v) is 3.53. The van der Waals surface area contributed by atoms with Crippen LogP contribution in [0.1, 0.15) is 11.1 Å². The van der Waals surface area contributed by atoms with Gasteiger partial charge in [0, 0.05) is 24.4 Å². The molecule has 1 unspecified atom stereocenters. The maximum atomic E-state index is 12.7. The van der Waals surface area contributed by atoms with Gasteiger partial charge in [0.15, 0.2) is 0 Å². The molecule has 0 radical (unpaired) electrons. The SMILES string of the molecule is Cn1ncc(-c2ccc(C(F)(F)F)cc2CS(=O)[O-])cc1=O. The van der Waals surface area contributed by atoms with Crippen molar-refractivity contribution in [3.05, 3.63) is 51.9 Å². The zero-order valence-electron chi connectivity index (χ0n) is 11.3. The van der Waals surface area contributed by atoms with E-state index in [9.17, 15) is 26.7 Å². The monoisotopic (exact) mass is 331 g/mol. The van der Waals surface area contributed by atoms with Crippen molar-refractivity contribution in [3.8, 4) is 11.1 Å². The molecule has 1 atom stereocenters.